The quantitative estimate of drug-likeness (QED) is 0.148. The Morgan fingerprint density at radius 3 is 0.980 bits per heavy atom. The van der Waals surface area contributed by atoms with Gasteiger partial charge in [-0.05, 0) is 69.2 Å². The molecule has 0 aliphatic rings. The van der Waals surface area contributed by atoms with Gasteiger partial charge in [-0.25, -0.2) is 0 Å². The molecule has 0 atom stereocenters. The van der Waals surface area contributed by atoms with Gasteiger partial charge in [0, 0.05) is 66.0 Å². The molecule has 4 nitrogen and oxygen atoms in total. The van der Waals surface area contributed by atoms with Crippen LogP contribution in [-0.4, -0.2) is 20.2 Å². The molecule has 5 aromatic carbocycles. The van der Waals surface area contributed by atoms with Gasteiger partial charge in [0.1, 0.15) is 11.5 Å². The largest absolute Gasteiger partial charge is 0.507 e. The molecule has 50 heavy (non-hydrogen) atoms. The Balaban J connectivity index is 1.77. The van der Waals surface area contributed by atoms with Gasteiger partial charge >= 0.3 is 0 Å². The fourth-order valence-corrected chi connectivity index (χ4v) is 7.85. The third-order valence-corrected chi connectivity index (χ3v) is 10.4. The molecule has 258 valence electrons. The average Bonchev–Trinajstić information content (AvgIpc) is 3.57. The van der Waals surface area contributed by atoms with Crippen molar-refractivity contribution in [2.45, 2.75) is 105 Å². The molecule has 0 saturated carbocycles. The number of fused-ring (bicyclic) bond motifs is 6. The first kappa shape index (κ1) is 33.8. The van der Waals surface area contributed by atoms with Gasteiger partial charge in [0.25, 0.3) is 0 Å². The lowest BCUT2D eigenvalue weighted by Crippen LogP contribution is -2.17. The Morgan fingerprint density at radius 2 is 0.700 bits per heavy atom. The minimum Gasteiger partial charge on any atom is -0.507 e. The van der Waals surface area contributed by atoms with E-state index in [-0.39, 0.29) is 21.7 Å². The van der Waals surface area contributed by atoms with Crippen LogP contribution in [0.5, 0.6) is 11.5 Å². The Morgan fingerprint density at radius 1 is 0.420 bits per heavy atom. The summed E-state index contributed by atoms with van der Waals surface area (Å²) in [5, 5.41) is 28.1. The summed E-state index contributed by atoms with van der Waals surface area (Å²) in [6.45, 7) is 26.1. The maximum atomic E-state index is 11.8. The minimum atomic E-state index is -0.280. The van der Waals surface area contributed by atoms with Crippen LogP contribution in [0.3, 0.4) is 0 Å². The van der Waals surface area contributed by atoms with E-state index in [1.807, 2.05) is 0 Å². The molecule has 0 aliphatic heterocycles. The fraction of sp³-hybridized carbons (Fsp3) is 0.348. The number of para-hydroxylation sites is 2. The molecule has 0 radical (unpaired) electrons. The van der Waals surface area contributed by atoms with Gasteiger partial charge in [-0.1, -0.05) is 119 Å². The molecule has 7 aromatic rings. The van der Waals surface area contributed by atoms with Gasteiger partial charge in [-0.3, -0.25) is 0 Å². The highest BCUT2D eigenvalue weighted by molar-refractivity contribution is 6.31. The number of benzene rings is 5. The molecule has 7 rings (SSSR count). The van der Waals surface area contributed by atoms with Crippen molar-refractivity contribution in [1.29, 1.82) is 0 Å². The van der Waals surface area contributed by atoms with E-state index in [9.17, 15) is 10.2 Å². The molecule has 4 heteroatoms. The van der Waals surface area contributed by atoms with E-state index in [0.717, 1.165) is 88.1 Å². The zero-order valence-corrected chi connectivity index (χ0v) is 31.8. The lowest BCUT2D eigenvalue weighted by atomic mass is 9.76. The maximum absolute atomic E-state index is 11.8. The van der Waals surface area contributed by atoms with Gasteiger partial charge in [0.15, 0.2) is 0 Å². The van der Waals surface area contributed by atoms with Crippen LogP contribution >= 0.6 is 0 Å². The van der Waals surface area contributed by atoms with Crippen LogP contribution < -0.4 is 0 Å². The van der Waals surface area contributed by atoms with E-state index in [1.165, 1.54) is 0 Å². The van der Waals surface area contributed by atoms with Gasteiger partial charge in [-0.15, -0.1) is 0 Å². The highest BCUT2D eigenvalue weighted by Gasteiger charge is 2.32. The first-order valence-corrected chi connectivity index (χ1v) is 17.9. The third kappa shape index (κ3) is 5.27. The van der Waals surface area contributed by atoms with E-state index < -0.39 is 0 Å². The number of hydrogen-bond donors (Lipinski definition) is 4. The summed E-state index contributed by atoms with van der Waals surface area (Å²) < 4.78 is 0. The summed E-state index contributed by atoms with van der Waals surface area (Å²) in [4.78, 5) is 7.82. The van der Waals surface area contributed by atoms with Crippen LogP contribution in [0.1, 0.15) is 105 Å². The number of phenols is 2. The van der Waals surface area contributed by atoms with Crippen molar-refractivity contribution in [2.75, 3.05) is 0 Å². The number of H-pyrrole nitrogens is 2. The summed E-state index contributed by atoms with van der Waals surface area (Å²) in [5.41, 5.74) is 11.3. The zero-order chi connectivity index (χ0) is 36.3. The number of hydrogen-bond acceptors (Lipinski definition) is 2. The molecule has 0 bridgehead atoms. The van der Waals surface area contributed by atoms with Crippen molar-refractivity contribution in [1.82, 2.24) is 9.97 Å². The van der Waals surface area contributed by atoms with E-state index in [0.29, 0.717) is 11.5 Å². The van der Waals surface area contributed by atoms with Crippen molar-refractivity contribution < 1.29 is 10.2 Å². The van der Waals surface area contributed by atoms with Crippen LogP contribution in [0.2, 0.25) is 0 Å². The molecular formula is C46H52N2O2. The molecular weight excluding hydrogens is 613 g/mol. The second-order valence-corrected chi connectivity index (χ2v) is 18.4. The van der Waals surface area contributed by atoms with Gasteiger partial charge in [0.05, 0.1) is 11.0 Å². The number of nitrogens with one attached hydrogen (secondary N) is 2. The summed E-state index contributed by atoms with van der Waals surface area (Å²) >= 11 is 0. The summed E-state index contributed by atoms with van der Waals surface area (Å²) in [7, 11) is 0. The van der Waals surface area contributed by atoms with Crippen LogP contribution in [0.4, 0.5) is 0 Å². The van der Waals surface area contributed by atoms with Crippen LogP contribution in [0, 0.1) is 0 Å². The number of aromatic hydroxyl groups is 2. The SMILES string of the molecule is CC(C)(C)c1cc(-c2c3[nH]c4ccccc4c3c(-c3cc(C(C)(C)C)c(O)c(C(C)(C)C)c3)c3[nH]c4ccccc4c23)cc(C(C)(C)C)c1O. The van der Waals surface area contributed by atoms with Crippen molar-refractivity contribution in [3.05, 3.63) is 95.1 Å². The molecule has 2 aromatic heterocycles. The molecule has 0 fully saturated rings. The summed E-state index contributed by atoms with van der Waals surface area (Å²) in [6, 6.07) is 26.0. The fourth-order valence-electron chi connectivity index (χ4n) is 7.85. The van der Waals surface area contributed by atoms with E-state index in [1.54, 1.807) is 0 Å². The number of rotatable bonds is 2. The van der Waals surface area contributed by atoms with Crippen molar-refractivity contribution in [3.8, 4) is 33.8 Å². The zero-order valence-electron chi connectivity index (χ0n) is 31.8. The van der Waals surface area contributed by atoms with E-state index in [4.69, 9.17) is 0 Å². The second-order valence-electron chi connectivity index (χ2n) is 18.4. The van der Waals surface area contributed by atoms with Crippen LogP contribution in [-0.2, 0) is 21.7 Å². The predicted octanol–water partition coefficient (Wildman–Crippen LogP) is 12.9. The molecule has 2 heterocycles. The molecule has 0 saturated heterocycles. The van der Waals surface area contributed by atoms with Crippen molar-refractivity contribution in [3.63, 3.8) is 0 Å². The molecule has 4 N–H and O–H groups in total. The van der Waals surface area contributed by atoms with Gasteiger partial charge < -0.3 is 20.2 Å². The van der Waals surface area contributed by atoms with Crippen molar-refractivity contribution >= 4 is 43.6 Å². The highest BCUT2D eigenvalue weighted by atomic mass is 16.3. The Labute approximate surface area is 296 Å². The minimum absolute atomic E-state index is 0.280. The number of aromatic nitrogens is 2. The highest BCUT2D eigenvalue weighted by Crippen LogP contribution is 2.52. The molecule has 0 spiro atoms. The first-order chi connectivity index (χ1) is 23.2. The van der Waals surface area contributed by atoms with Crippen molar-refractivity contribution in [2.24, 2.45) is 0 Å². The molecule has 0 aliphatic carbocycles. The third-order valence-electron chi connectivity index (χ3n) is 10.4. The Kier molecular flexibility index (Phi) is 7.36. The maximum Gasteiger partial charge on any atom is 0.123 e. The Bertz CT molecular complexity index is 2230. The van der Waals surface area contributed by atoms with Crippen LogP contribution in [0.15, 0.2) is 72.8 Å². The average molecular weight is 665 g/mol. The second kappa shape index (κ2) is 10.9. The predicted molar refractivity (Wildman–Crippen MR) is 214 cm³/mol. The molecule has 0 unspecified atom stereocenters. The normalized spacial score (nSPS) is 13.4. The van der Waals surface area contributed by atoms with Crippen LogP contribution in [0.25, 0.3) is 65.9 Å². The summed E-state index contributed by atoms with van der Waals surface area (Å²) in [6.07, 6.45) is 0. The Hall–Kier alpha value is -4.70. The summed E-state index contributed by atoms with van der Waals surface area (Å²) in [5.74, 6) is 0.754. The molecule has 0 amide bonds. The van der Waals surface area contributed by atoms with Gasteiger partial charge in [-0.2, -0.15) is 0 Å². The standard InChI is InChI=1S/C46H52N2O2/c1-43(2,3)29-21-25(22-30(41(29)49)44(4,5)6)35-37-27-17-13-15-19-33(27)48-40(37)36(38-28-18-14-16-20-34(28)47-39(35)38)26-23-31(45(7,8)9)42(50)32(24-26)46(10,11)12/h13-24,47-50H,1-12H3. The monoisotopic (exact) mass is 664 g/mol. The van der Waals surface area contributed by atoms with Gasteiger partial charge in [0.2, 0.25) is 0 Å². The number of aromatic amines is 2. The lowest BCUT2D eigenvalue weighted by molar-refractivity contribution is 0.422. The topological polar surface area (TPSA) is 72.0 Å². The smallest absolute Gasteiger partial charge is 0.123 e. The first-order valence-electron chi connectivity index (χ1n) is 17.9. The van der Waals surface area contributed by atoms with E-state index >= 15 is 0 Å². The lowest BCUT2D eigenvalue weighted by Gasteiger charge is -2.29. The number of phenolic OH excluding ortho intramolecular Hbond substituents is 2. The van der Waals surface area contributed by atoms with E-state index in [2.05, 4.69) is 166 Å².